The number of aliphatic hydroxyl groups is 1. The van der Waals surface area contributed by atoms with E-state index in [0.29, 0.717) is 6.54 Å². The third-order valence-corrected chi connectivity index (χ3v) is 0.924. The number of carbonyl (C=O) groups excluding carboxylic acids is 1. The lowest BCUT2D eigenvalue weighted by atomic mass is 10.3. The van der Waals surface area contributed by atoms with E-state index in [-0.39, 0.29) is 12.3 Å². The molecule has 3 heteroatoms. The predicted molar refractivity (Wildman–Crippen MR) is 39.5 cm³/mol. The maximum absolute atomic E-state index is 10.7. The zero-order valence-electron chi connectivity index (χ0n) is 6.13. The number of carbonyl (C=O) groups is 1. The molecule has 0 aromatic carbocycles. The molecule has 10 heavy (non-hydrogen) atoms. The highest BCUT2D eigenvalue weighted by Gasteiger charge is 2.02. The van der Waals surface area contributed by atoms with Gasteiger partial charge < -0.3 is 10.4 Å². The van der Waals surface area contributed by atoms with Gasteiger partial charge in [-0.05, 0) is 6.92 Å². The van der Waals surface area contributed by atoms with Crippen molar-refractivity contribution in [3.05, 3.63) is 12.7 Å². The summed E-state index contributed by atoms with van der Waals surface area (Å²) < 4.78 is 0. The molecular formula is C7H13NO2. The molecule has 0 aromatic heterocycles. The summed E-state index contributed by atoms with van der Waals surface area (Å²) in [5.74, 6) is -0.144. The van der Waals surface area contributed by atoms with E-state index in [9.17, 15) is 4.79 Å². The molecule has 0 fully saturated rings. The largest absolute Gasteiger partial charge is 0.393 e. The highest BCUT2D eigenvalue weighted by Crippen LogP contribution is 1.87. The Balaban J connectivity index is 3.34. The van der Waals surface area contributed by atoms with Crippen LogP contribution in [0.5, 0.6) is 0 Å². The second-order valence-electron chi connectivity index (χ2n) is 2.15. The van der Waals surface area contributed by atoms with Crippen molar-refractivity contribution in [1.29, 1.82) is 0 Å². The standard InChI is InChI=1S/C7H13NO2/c1-3-4-8-7(10)5-6(2)9/h3,6,9H,1,4-5H2,2H3,(H,8,10). The zero-order chi connectivity index (χ0) is 7.98. The molecule has 0 bridgehead atoms. The molecule has 1 atom stereocenters. The van der Waals surface area contributed by atoms with E-state index in [1.807, 2.05) is 0 Å². The summed E-state index contributed by atoms with van der Waals surface area (Å²) >= 11 is 0. The monoisotopic (exact) mass is 143 g/mol. The summed E-state index contributed by atoms with van der Waals surface area (Å²) in [6, 6.07) is 0. The fraction of sp³-hybridized carbons (Fsp3) is 0.571. The van der Waals surface area contributed by atoms with Crippen LogP contribution in [-0.4, -0.2) is 23.7 Å². The maximum atomic E-state index is 10.7. The minimum atomic E-state index is -0.565. The van der Waals surface area contributed by atoms with Gasteiger partial charge in [0.15, 0.2) is 0 Å². The van der Waals surface area contributed by atoms with Gasteiger partial charge in [0, 0.05) is 6.54 Å². The summed E-state index contributed by atoms with van der Waals surface area (Å²) in [6.45, 7) is 5.48. The first-order chi connectivity index (χ1) is 4.66. The topological polar surface area (TPSA) is 49.3 Å². The van der Waals surface area contributed by atoms with Crippen LogP contribution in [0, 0.1) is 0 Å². The third kappa shape index (κ3) is 5.31. The number of nitrogens with one attached hydrogen (secondary N) is 1. The van der Waals surface area contributed by atoms with Crippen LogP contribution in [-0.2, 0) is 4.79 Å². The van der Waals surface area contributed by atoms with Gasteiger partial charge in [-0.25, -0.2) is 0 Å². The van der Waals surface area contributed by atoms with Crippen molar-refractivity contribution < 1.29 is 9.90 Å². The van der Waals surface area contributed by atoms with Crippen LogP contribution in [0.25, 0.3) is 0 Å². The second-order valence-corrected chi connectivity index (χ2v) is 2.15. The molecule has 1 unspecified atom stereocenters. The fourth-order valence-corrected chi connectivity index (χ4v) is 0.526. The van der Waals surface area contributed by atoms with Crippen molar-refractivity contribution in [2.45, 2.75) is 19.4 Å². The van der Waals surface area contributed by atoms with Crippen LogP contribution in [0.4, 0.5) is 0 Å². The number of hydrogen-bond donors (Lipinski definition) is 2. The van der Waals surface area contributed by atoms with E-state index < -0.39 is 6.10 Å². The second kappa shape index (κ2) is 4.99. The smallest absolute Gasteiger partial charge is 0.222 e. The molecule has 0 radical (unpaired) electrons. The van der Waals surface area contributed by atoms with Crippen molar-refractivity contribution in [3.63, 3.8) is 0 Å². The zero-order valence-corrected chi connectivity index (χ0v) is 6.13. The highest BCUT2D eigenvalue weighted by molar-refractivity contribution is 5.76. The Hall–Kier alpha value is -0.830. The highest BCUT2D eigenvalue weighted by atomic mass is 16.3. The SMILES string of the molecule is C=CCNC(=O)CC(C)O. The molecule has 0 saturated carbocycles. The van der Waals surface area contributed by atoms with Gasteiger partial charge in [0.1, 0.15) is 0 Å². The minimum absolute atomic E-state index is 0.144. The third-order valence-electron chi connectivity index (χ3n) is 0.924. The van der Waals surface area contributed by atoms with Crippen LogP contribution in [0.3, 0.4) is 0 Å². The van der Waals surface area contributed by atoms with E-state index in [2.05, 4.69) is 11.9 Å². The van der Waals surface area contributed by atoms with Gasteiger partial charge in [-0.1, -0.05) is 6.08 Å². The van der Waals surface area contributed by atoms with E-state index in [1.54, 1.807) is 13.0 Å². The van der Waals surface area contributed by atoms with E-state index >= 15 is 0 Å². The number of amides is 1. The Bertz CT molecular complexity index is 121. The summed E-state index contributed by atoms with van der Waals surface area (Å²) in [7, 11) is 0. The summed E-state index contributed by atoms with van der Waals surface area (Å²) in [5.41, 5.74) is 0. The molecule has 0 aliphatic rings. The number of aliphatic hydroxyl groups excluding tert-OH is 1. The molecule has 0 saturated heterocycles. The van der Waals surface area contributed by atoms with Crippen molar-refractivity contribution in [2.24, 2.45) is 0 Å². The Labute approximate surface area is 60.7 Å². The average Bonchev–Trinajstić information content (AvgIpc) is 1.82. The van der Waals surface area contributed by atoms with Crippen LogP contribution in [0.1, 0.15) is 13.3 Å². The summed E-state index contributed by atoms with van der Waals surface area (Å²) in [5, 5.41) is 11.3. The van der Waals surface area contributed by atoms with E-state index in [0.717, 1.165) is 0 Å². The van der Waals surface area contributed by atoms with Gasteiger partial charge in [-0.2, -0.15) is 0 Å². The Morgan fingerprint density at radius 2 is 2.50 bits per heavy atom. The first kappa shape index (κ1) is 9.17. The van der Waals surface area contributed by atoms with Gasteiger partial charge >= 0.3 is 0 Å². The van der Waals surface area contributed by atoms with Crippen molar-refractivity contribution in [1.82, 2.24) is 5.32 Å². The summed E-state index contributed by atoms with van der Waals surface area (Å²) in [6.07, 6.45) is 1.19. The Kier molecular flexibility index (Phi) is 4.58. The first-order valence-electron chi connectivity index (χ1n) is 3.22. The lowest BCUT2D eigenvalue weighted by Gasteiger charge is -2.02. The molecule has 1 amide bonds. The molecule has 0 heterocycles. The van der Waals surface area contributed by atoms with Gasteiger partial charge in [0.05, 0.1) is 12.5 Å². The quantitative estimate of drug-likeness (QED) is 0.547. The van der Waals surface area contributed by atoms with E-state index in [1.165, 1.54) is 0 Å². The normalized spacial score (nSPS) is 12.2. The van der Waals surface area contributed by atoms with Crippen LogP contribution in [0.15, 0.2) is 12.7 Å². The van der Waals surface area contributed by atoms with Crippen LogP contribution in [0.2, 0.25) is 0 Å². The van der Waals surface area contributed by atoms with Gasteiger partial charge in [-0.3, -0.25) is 4.79 Å². The van der Waals surface area contributed by atoms with Gasteiger partial charge in [0.25, 0.3) is 0 Å². The fourth-order valence-electron chi connectivity index (χ4n) is 0.526. The molecule has 0 aliphatic heterocycles. The molecule has 2 N–H and O–H groups in total. The predicted octanol–water partition coefficient (Wildman–Crippen LogP) is 0.0595. The Morgan fingerprint density at radius 1 is 1.90 bits per heavy atom. The lowest BCUT2D eigenvalue weighted by molar-refractivity contribution is -0.122. The van der Waals surface area contributed by atoms with Crippen molar-refractivity contribution in [2.75, 3.05) is 6.54 Å². The first-order valence-corrected chi connectivity index (χ1v) is 3.22. The van der Waals surface area contributed by atoms with E-state index in [4.69, 9.17) is 5.11 Å². The van der Waals surface area contributed by atoms with Crippen molar-refractivity contribution in [3.8, 4) is 0 Å². The number of rotatable bonds is 4. The molecule has 0 aromatic rings. The van der Waals surface area contributed by atoms with Crippen molar-refractivity contribution >= 4 is 5.91 Å². The Morgan fingerprint density at radius 3 is 2.90 bits per heavy atom. The van der Waals surface area contributed by atoms with Crippen LogP contribution < -0.4 is 5.32 Å². The molecule has 0 aliphatic carbocycles. The van der Waals surface area contributed by atoms with Crippen LogP contribution >= 0.6 is 0 Å². The number of hydrogen-bond acceptors (Lipinski definition) is 2. The average molecular weight is 143 g/mol. The molecule has 0 rings (SSSR count). The minimum Gasteiger partial charge on any atom is -0.393 e. The van der Waals surface area contributed by atoms with Gasteiger partial charge in [-0.15, -0.1) is 6.58 Å². The lowest BCUT2D eigenvalue weighted by Crippen LogP contribution is -2.26. The van der Waals surface area contributed by atoms with Gasteiger partial charge in [0.2, 0.25) is 5.91 Å². The molecular weight excluding hydrogens is 130 g/mol. The molecule has 58 valence electrons. The molecule has 3 nitrogen and oxygen atoms in total. The molecule has 0 spiro atoms. The summed E-state index contributed by atoms with van der Waals surface area (Å²) in [4.78, 5) is 10.7. The maximum Gasteiger partial charge on any atom is 0.222 e.